The Morgan fingerprint density at radius 3 is 2.76 bits per heavy atom. The summed E-state index contributed by atoms with van der Waals surface area (Å²) in [4.78, 5) is 12.5. The van der Waals surface area contributed by atoms with Crippen molar-refractivity contribution in [2.75, 3.05) is 6.54 Å². The van der Waals surface area contributed by atoms with E-state index in [4.69, 9.17) is 0 Å². The highest BCUT2D eigenvalue weighted by Gasteiger charge is 2.05. The molecule has 0 aliphatic carbocycles. The van der Waals surface area contributed by atoms with E-state index < -0.39 is 0 Å². The first-order valence-corrected chi connectivity index (χ1v) is 6.51. The van der Waals surface area contributed by atoms with E-state index in [1.807, 2.05) is 29.6 Å². The van der Waals surface area contributed by atoms with Crippen LogP contribution in [0.15, 0.2) is 41.8 Å². The number of carbonyl (C=O) groups excluding carboxylic acids is 1. The van der Waals surface area contributed by atoms with E-state index in [2.05, 4.69) is 24.4 Å². The molecule has 17 heavy (non-hydrogen) atoms. The predicted octanol–water partition coefficient (Wildman–Crippen LogP) is 3.03. The van der Waals surface area contributed by atoms with Gasteiger partial charge in [-0.3, -0.25) is 4.79 Å². The van der Waals surface area contributed by atoms with Crippen LogP contribution in [0.1, 0.15) is 20.8 Å². The van der Waals surface area contributed by atoms with Gasteiger partial charge in [0, 0.05) is 6.54 Å². The fourth-order valence-electron chi connectivity index (χ4n) is 1.70. The molecule has 0 saturated carbocycles. The molecular formula is C14H15NOS. The van der Waals surface area contributed by atoms with Gasteiger partial charge >= 0.3 is 0 Å². The fourth-order valence-corrected chi connectivity index (χ4v) is 2.34. The zero-order chi connectivity index (χ0) is 12.1. The zero-order valence-corrected chi connectivity index (χ0v) is 10.6. The lowest BCUT2D eigenvalue weighted by atomic mass is 10.1. The summed E-state index contributed by atoms with van der Waals surface area (Å²) in [6.07, 6.45) is 0.879. The van der Waals surface area contributed by atoms with Crippen LogP contribution in [-0.2, 0) is 6.42 Å². The van der Waals surface area contributed by atoms with Crippen LogP contribution in [0.5, 0.6) is 0 Å². The van der Waals surface area contributed by atoms with Crippen molar-refractivity contribution in [1.29, 1.82) is 0 Å². The molecule has 2 rings (SSSR count). The van der Waals surface area contributed by atoms with Crippen LogP contribution in [0.4, 0.5) is 0 Å². The number of nitrogens with one attached hydrogen (secondary N) is 1. The largest absolute Gasteiger partial charge is 0.351 e. The van der Waals surface area contributed by atoms with Gasteiger partial charge in [-0.1, -0.05) is 30.3 Å². The van der Waals surface area contributed by atoms with Crippen molar-refractivity contribution in [2.45, 2.75) is 13.3 Å². The first kappa shape index (κ1) is 11.9. The van der Waals surface area contributed by atoms with Gasteiger partial charge in [0.25, 0.3) is 5.91 Å². The van der Waals surface area contributed by atoms with Crippen molar-refractivity contribution in [3.63, 3.8) is 0 Å². The maximum atomic E-state index is 11.7. The average molecular weight is 245 g/mol. The minimum Gasteiger partial charge on any atom is -0.351 e. The SMILES string of the molecule is Cc1ccccc1CCNC(=O)c1cccs1. The number of carbonyl (C=O) groups is 1. The monoisotopic (exact) mass is 245 g/mol. The summed E-state index contributed by atoms with van der Waals surface area (Å²) in [6, 6.07) is 12.0. The molecule has 0 saturated heterocycles. The Labute approximate surface area is 105 Å². The van der Waals surface area contributed by atoms with E-state index in [-0.39, 0.29) is 5.91 Å². The van der Waals surface area contributed by atoms with Gasteiger partial charge in [-0.2, -0.15) is 0 Å². The summed E-state index contributed by atoms with van der Waals surface area (Å²) in [5.74, 6) is 0.0218. The molecule has 0 spiro atoms. The summed E-state index contributed by atoms with van der Waals surface area (Å²) >= 11 is 1.47. The second kappa shape index (κ2) is 5.64. The van der Waals surface area contributed by atoms with Crippen LogP contribution in [-0.4, -0.2) is 12.5 Å². The standard InChI is InChI=1S/C14H15NOS/c1-11-5-2-3-6-12(11)8-9-15-14(16)13-7-4-10-17-13/h2-7,10H,8-9H2,1H3,(H,15,16). The maximum Gasteiger partial charge on any atom is 0.261 e. The topological polar surface area (TPSA) is 29.1 Å². The quantitative estimate of drug-likeness (QED) is 0.881. The van der Waals surface area contributed by atoms with Crippen LogP contribution < -0.4 is 5.32 Å². The van der Waals surface area contributed by atoms with E-state index in [0.29, 0.717) is 6.54 Å². The third kappa shape index (κ3) is 3.17. The van der Waals surface area contributed by atoms with E-state index in [0.717, 1.165) is 11.3 Å². The Morgan fingerprint density at radius 1 is 1.24 bits per heavy atom. The molecule has 0 unspecified atom stereocenters. The smallest absolute Gasteiger partial charge is 0.261 e. The minimum atomic E-state index is 0.0218. The lowest BCUT2D eigenvalue weighted by molar-refractivity contribution is 0.0958. The number of amides is 1. The number of hydrogen-bond acceptors (Lipinski definition) is 2. The van der Waals surface area contributed by atoms with Crippen LogP contribution in [0.3, 0.4) is 0 Å². The van der Waals surface area contributed by atoms with Crippen molar-refractivity contribution in [1.82, 2.24) is 5.32 Å². The molecule has 1 aromatic heterocycles. The summed E-state index contributed by atoms with van der Waals surface area (Å²) < 4.78 is 0. The first-order valence-electron chi connectivity index (χ1n) is 5.63. The number of rotatable bonds is 4. The molecule has 0 radical (unpaired) electrons. The van der Waals surface area contributed by atoms with Gasteiger partial charge in [-0.25, -0.2) is 0 Å². The fraction of sp³-hybridized carbons (Fsp3) is 0.214. The van der Waals surface area contributed by atoms with Gasteiger partial charge in [-0.05, 0) is 35.9 Å². The van der Waals surface area contributed by atoms with Gasteiger partial charge in [0.15, 0.2) is 0 Å². The van der Waals surface area contributed by atoms with Gasteiger partial charge in [-0.15, -0.1) is 11.3 Å². The Hall–Kier alpha value is -1.61. The third-order valence-electron chi connectivity index (χ3n) is 2.69. The molecule has 88 valence electrons. The van der Waals surface area contributed by atoms with Crippen LogP contribution in [0.25, 0.3) is 0 Å². The molecule has 0 aliphatic rings. The third-order valence-corrected chi connectivity index (χ3v) is 3.55. The molecule has 1 aromatic carbocycles. The molecule has 2 aromatic rings. The van der Waals surface area contributed by atoms with Gasteiger partial charge in [0.2, 0.25) is 0 Å². The Morgan fingerprint density at radius 2 is 2.06 bits per heavy atom. The molecule has 1 N–H and O–H groups in total. The highest BCUT2D eigenvalue weighted by atomic mass is 32.1. The average Bonchev–Trinajstić information content (AvgIpc) is 2.85. The van der Waals surface area contributed by atoms with Crippen molar-refractivity contribution in [2.24, 2.45) is 0 Å². The Balaban J connectivity index is 1.84. The molecule has 2 nitrogen and oxygen atoms in total. The normalized spacial score (nSPS) is 10.2. The van der Waals surface area contributed by atoms with Crippen LogP contribution in [0, 0.1) is 6.92 Å². The van der Waals surface area contributed by atoms with Gasteiger partial charge in [0.05, 0.1) is 4.88 Å². The molecule has 0 aliphatic heterocycles. The number of benzene rings is 1. The molecule has 0 fully saturated rings. The second-order valence-electron chi connectivity index (χ2n) is 3.91. The Bertz CT molecular complexity index is 491. The lowest BCUT2D eigenvalue weighted by Gasteiger charge is -2.06. The molecule has 1 heterocycles. The lowest BCUT2D eigenvalue weighted by Crippen LogP contribution is -2.24. The molecule has 0 bridgehead atoms. The zero-order valence-electron chi connectivity index (χ0n) is 9.77. The summed E-state index contributed by atoms with van der Waals surface area (Å²) in [5, 5.41) is 4.85. The van der Waals surface area contributed by atoms with E-state index >= 15 is 0 Å². The van der Waals surface area contributed by atoms with E-state index in [9.17, 15) is 4.79 Å². The van der Waals surface area contributed by atoms with Crippen molar-refractivity contribution < 1.29 is 4.79 Å². The van der Waals surface area contributed by atoms with Gasteiger partial charge < -0.3 is 5.32 Å². The van der Waals surface area contributed by atoms with Crippen molar-refractivity contribution in [3.8, 4) is 0 Å². The minimum absolute atomic E-state index is 0.0218. The van der Waals surface area contributed by atoms with E-state index in [1.54, 1.807) is 0 Å². The highest BCUT2D eigenvalue weighted by Crippen LogP contribution is 2.09. The maximum absolute atomic E-state index is 11.7. The van der Waals surface area contributed by atoms with E-state index in [1.165, 1.54) is 22.5 Å². The van der Waals surface area contributed by atoms with Crippen LogP contribution in [0.2, 0.25) is 0 Å². The number of aryl methyl sites for hydroxylation is 1. The number of hydrogen-bond donors (Lipinski definition) is 1. The summed E-state index contributed by atoms with van der Waals surface area (Å²) in [6.45, 7) is 2.78. The molecule has 0 atom stereocenters. The van der Waals surface area contributed by atoms with Crippen molar-refractivity contribution >= 4 is 17.2 Å². The predicted molar refractivity (Wildman–Crippen MR) is 71.5 cm³/mol. The second-order valence-corrected chi connectivity index (χ2v) is 4.86. The van der Waals surface area contributed by atoms with Crippen LogP contribution >= 0.6 is 11.3 Å². The highest BCUT2D eigenvalue weighted by molar-refractivity contribution is 7.12. The molecule has 1 amide bonds. The molecular weight excluding hydrogens is 230 g/mol. The summed E-state index contributed by atoms with van der Waals surface area (Å²) in [7, 11) is 0. The Kier molecular flexibility index (Phi) is 3.94. The van der Waals surface area contributed by atoms with Gasteiger partial charge in [0.1, 0.15) is 0 Å². The molecule has 3 heteroatoms. The van der Waals surface area contributed by atoms with Crippen molar-refractivity contribution in [3.05, 3.63) is 57.8 Å². The first-order chi connectivity index (χ1) is 8.27. The summed E-state index contributed by atoms with van der Waals surface area (Å²) in [5.41, 5.74) is 2.57. The number of thiophene rings is 1.